The van der Waals surface area contributed by atoms with E-state index in [0.717, 1.165) is 18.4 Å². The lowest BCUT2D eigenvalue weighted by molar-refractivity contribution is -0.135. The first kappa shape index (κ1) is 20.0. The van der Waals surface area contributed by atoms with Crippen molar-refractivity contribution in [1.29, 1.82) is 0 Å². The van der Waals surface area contributed by atoms with Crippen LogP contribution in [0.25, 0.3) is 0 Å². The first-order valence-corrected chi connectivity index (χ1v) is 9.81. The van der Waals surface area contributed by atoms with Crippen molar-refractivity contribution in [1.82, 2.24) is 20.4 Å². The van der Waals surface area contributed by atoms with Crippen molar-refractivity contribution >= 4 is 11.8 Å². The maximum Gasteiger partial charge on any atom is 0.251 e. The van der Waals surface area contributed by atoms with E-state index in [1.165, 1.54) is 0 Å². The number of aromatic nitrogens is 2. The highest BCUT2D eigenvalue weighted by Crippen LogP contribution is 2.26. The van der Waals surface area contributed by atoms with E-state index in [0.29, 0.717) is 30.4 Å². The van der Waals surface area contributed by atoms with Crippen LogP contribution >= 0.6 is 0 Å². The van der Waals surface area contributed by atoms with Crippen LogP contribution < -0.4 is 5.32 Å². The molecule has 1 N–H and O–H groups in total. The fourth-order valence-electron chi connectivity index (χ4n) is 3.50. The summed E-state index contributed by atoms with van der Waals surface area (Å²) in [4.78, 5) is 31.9. The highest BCUT2D eigenvalue weighted by Gasteiger charge is 2.33. The molecule has 0 bridgehead atoms. The molecule has 7 nitrogen and oxygen atoms in total. The van der Waals surface area contributed by atoms with Gasteiger partial charge >= 0.3 is 0 Å². The van der Waals surface area contributed by atoms with Gasteiger partial charge in [0, 0.05) is 18.7 Å². The number of rotatable bonds is 5. The number of aryl methyl sites for hydroxylation is 2. The summed E-state index contributed by atoms with van der Waals surface area (Å²) >= 11 is 0. The number of nitrogens with one attached hydrogen (secondary N) is 1. The topological polar surface area (TPSA) is 88.3 Å². The van der Waals surface area contributed by atoms with Gasteiger partial charge in [0.2, 0.25) is 11.8 Å². The number of nitrogens with zero attached hydrogens (tertiary/aromatic N) is 3. The zero-order chi connectivity index (χ0) is 20.3. The van der Waals surface area contributed by atoms with Gasteiger partial charge < -0.3 is 14.7 Å². The van der Waals surface area contributed by atoms with E-state index in [4.69, 9.17) is 4.52 Å². The average molecular weight is 384 g/mol. The Bertz CT molecular complexity index is 828. The summed E-state index contributed by atoms with van der Waals surface area (Å²) in [6.45, 7) is 8.85. The van der Waals surface area contributed by atoms with Crippen LogP contribution in [0.5, 0.6) is 0 Å². The van der Waals surface area contributed by atoms with Gasteiger partial charge in [-0.25, -0.2) is 0 Å². The molecule has 1 saturated heterocycles. The third kappa shape index (κ3) is 4.58. The SMILES string of the molecule is Cc1ccc(C(=O)N[C@@H](C(=O)N2CCC[C@@H](c3nc(C)no3)C2)C(C)C)cc1. The summed E-state index contributed by atoms with van der Waals surface area (Å²) in [6, 6.07) is 6.77. The van der Waals surface area contributed by atoms with Crippen LogP contribution in [0.2, 0.25) is 0 Å². The van der Waals surface area contributed by atoms with Crippen molar-refractivity contribution in [2.45, 2.75) is 52.5 Å². The lowest BCUT2D eigenvalue weighted by Crippen LogP contribution is -2.53. The lowest BCUT2D eigenvalue weighted by Gasteiger charge is -2.35. The number of benzene rings is 1. The molecule has 2 aromatic rings. The van der Waals surface area contributed by atoms with Gasteiger partial charge in [-0.3, -0.25) is 9.59 Å². The number of hydrogen-bond donors (Lipinski definition) is 1. The summed E-state index contributed by atoms with van der Waals surface area (Å²) in [5.74, 6) is 0.917. The van der Waals surface area contributed by atoms with Crippen molar-refractivity contribution in [3.8, 4) is 0 Å². The van der Waals surface area contributed by atoms with Crippen LogP contribution in [0, 0.1) is 19.8 Å². The maximum atomic E-state index is 13.2. The first-order valence-electron chi connectivity index (χ1n) is 9.81. The molecule has 0 saturated carbocycles. The molecule has 0 unspecified atom stereocenters. The van der Waals surface area contributed by atoms with E-state index in [1.807, 2.05) is 37.8 Å². The third-order valence-electron chi connectivity index (χ3n) is 5.16. The van der Waals surface area contributed by atoms with Gasteiger partial charge in [0.1, 0.15) is 6.04 Å². The van der Waals surface area contributed by atoms with E-state index in [1.54, 1.807) is 19.1 Å². The van der Waals surface area contributed by atoms with E-state index in [2.05, 4.69) is 15.5 Å². The van der Waals surface area contributed by atoms with Crippen molar-refractivity contribution in [3.63, 3.8) is 0 Å². The molecule has 3 rings (SSSR count). The Hall–Kier alpha value is -2.70. The minimum Gasteiger partial charge on any atom is -0.340 e. The van der Waals surface area contributed by atoms with Gasteiger partial charge in [-0.1, -0.05) is 36.7 Å². The molecule has 1 aromatic heterocycles. The van der Waals surface area contributed by atoms with Gasteiger partial charge in [0.15, 0.2) is 5.82 Å². The van der Waals surface area contributed by atoms with Crippen LogP contribution in [0.15, 0.2) is 28.8 Å². The van der Waals surface area contributed by atoms with Crippen molar-refractivity contribution in [2.75, 3.05) is 13.1 Å². The highest BCUT2D eigenvalue weighted by atomic mass is 16.5. The minimum atomic E-state index is -0.572. The summed E-state index contributed by atoms with van der Waals surface area (Å²) in [7, 11) is 0. The fraction of sp³-hybridized carbons (Fsp3) is 0.524. The monoisotopic (exact) mass is 384 g/mol. The molecule has 28 heavy (non-hydrogen) atoms. The Morgan fingerprint density at radius 1 is 1.21 bits per heavy atom. The Morgan fingerprint density at radius 3 is 2.54 bits per heavy atom. The molecule has 1 aromatic carbocycles. The van der Waals surface area contributed by atoms with Crippen LogP contribution in [0.3, 0.4) is 0 Å². The predicted octanol–water partition coefficient (Wildman–Crippen LogP) is 2.85. The van der Waals surface area contributed by atoms with Gasteiger partial charge in [0.25, 0.3) is 5.91 Å². The molecule has 0 spiro atoms. The maximum absolute atomic E-state index is 13.2. The number of carbonyl (C=O) groups excluding carboxylic acids is 2. The molecule has 2 atom stereocenters. The van der Waals surface area contributed by atoms with Crippen molar-refractivity contribution in [3.05, 3.63) is 47.1 Å². The van der Waals surface area contributed by atoms with Crippen LogP contribution in [-0.2, 0) is 4.79 Å². The molecule has 0 aliphatic carbocycles. The summed E-state index contributed by atoms with van der Waals surface area (Å²) in [6.07, 6.45) is 1.78. The second kappa shape index (κ2) is 8.54. The first-order chi connectivity index (χ1) is 13.3. The zero-order valence-corrected chi connectivity index (χ0v) is 16.9. The normalized spacial score (nSPS) is 18.2. The smallest absolute Gasteiger partial charge is 0.251 e. The average Bonchev–Trinajstić information content (AvgIpc) is 3.12. The molecule has 1 aliphatic rings. The number of carbonyl (C=O) groups is 2. The molecule has 7 heteroatoms. The molecule has 150 valence electrons. The molecule has 1 fully saturated rings. The standard InChI is InChI=1S/C21H28N4O3/c1-13(2)18(23-19(26)16-9-7-14(3)8-10-16)21(27)25-11-5-6-17(12-25)20-22-15(4)24-28-20/h7-10,13,17-18H,5-6,11-12H2,1-4H3,(H,23,26)/t17-,18-/m1/s1. The van der Waals surface area contributed by atoms with Gasteiger partial charge in [-0.15, -0.1) is 0 Å². The minimum absolute atomic E-state index is 0.0204. The molecule has 1 aliphatic heterocycles. The van der Waals surface area contributed by atoms with E-state index in [-0.39, 0.29) is 23.7 Å². The number of hydrogen-bond acceptors (Lipinski definition) is 5. The van der Waals surface area contributed by atoms with Gasteiger partial charge in [-0.05, 0) is 44.7 Å². The lowest BCUT2D eigenvalue weighted by atomic mass is 9.95. The van der Waals surface area contributed by atoms with Crippen LogP contribution in [-0.4, -0.2) is 46.0 Å². The van der Waals surface area contributed by atoms with Crippen LogP contribution in [0.4, 0.5) is 0 Å². The summed E-state index contributed by atoms with van der Waals surface area (Å²) in [5, 5.41) is 6.78. The van der Waals surface area contributed by atoms with E-state index >= 15 is 0 Å². The Balaban J connectivity index is 1.69. The predicted molar refractivity (Wildman–Crippen MR) is 105 cm³/mol. The second-order valence-corrected chi connectivity index (χ2v) is 7.86. The van der Waals surface area contributed by atoms with E-state index < -0.39 is 6.04 Å². The number of amides is 2. The highest BCUT2D eigenvalue weighted by molar-refractivity contribution is 5.97. The number of likely N-dealkylation sites (tertiary alicyclic amines) is 1. The third-order valence-corrected chi connectivity index (χ3v) is 5.16. The van der Waals surface area contributed by atoms with E-state index in [9.17, 15) is 9.59 Å². The molecular weight excluding hydrogens is 356 g/mol. The van der Waals surface area contributed by atoms with Gasteiger partial charge in [0.05, 0.1) is 5.92 Å². The zero-order valence-electron chi connectivity index (χ0n) is 16.9. The Labute approximate surface area is 165 Å². The van der Waals surface area contributed by atoms with Crippen molar-refractivity contribution in [2.24, 2.45) is 5.92 Å². The van der Waals surface area contributed by atoms with Gasteiger partial charge in [-0.2, -0.15) is 4.98 Å². The van der Waals surface area contributed by atoms with Crippen molar-refractivity contribution < 1.29 is 14.1 Å². The summed E-state index contributed by atoms with van der Waals surface area (Å²) < 4.78 is 5.30. The Morgan fingerprint density at radius 2 is 1.93 bits per heavy atom. The molecule has 0 radical (unpaired) electrons. The summed E-state index contributed by atoms with van der Waals surface area (Å²) in [5.41, 5.74) is 1.64. The molecule has 2 amide bonds. The largest absolute Gasteiger partial charge is 0.340 e. The Kier molecular flexibility index (Phi) is 6.11. The van der Waals surface area contributed by atoms with Crippen LogP contribution in [0.1, 0.15) is 60.2 Å². The number of piperidine rings is 1. The second-order valence-electron chi connectivity index (χ2n) is 7.86. The quantitative estimate of drug-likeness (QED) is 0.856. The molecule has 2 heterocycles. The molecular formula is C21H28N4O3. The fourth-order valence-corrected chi connectivity index (χ4v) is 3.50.